The maximum Gasteiger partial charge on any atom is 0.252 e. The second-order valence-corrected chi connectivity index (χ2v) is 4.89. The molecule has 0 unspecified atom stereocenters. The standard InChI is InChI=1S/C15H22N2O3/c1-17(15(18)14-11-16-8-10-20-14)9-7-12-5-3-4-6-13(12)19-2/h3-6,14,16H,7-11H2,1-2H3/t14-/m0/s1. The Kier molecular flexibility index (Phi) is 5.38. The van der Waals surface area contributed by atoms with Crippen LogP contribution in [0, 0.1) is 0 Å². The smallest absolute Gasteiger partial charge is 0.252 e. The van der Waals surface area contributed by atoms with Crippen LogP contribution in [0.2, 0.25) is 0 Å². The number of amides is 1. The molecule has 1 aliphatic rings. The summed E-state index contributed by atoms with van der Waals surface area (Å²) in [6.45, 7) is 2.66. The van der Waals surface area contributed by atoms with Crippen LogP contribution in [0.5, 0.6) is 5.75 Å². The largest absolute Gasteiger partial charge is 0.496 e. The number of rotatable bonds is 5. The summed E-state index contributed by atoms with van der Waals surface area (Å²) in [5.74, 6) is 0.899. The van der Waals surface area contributed by atoms with E-state index in [9.17, 15) is 4.79 Å². The number of hydrogen-bond acceptors (Lipinski definition) is 4. The van der Waals surface area contributed by atoms with Crippen molar-refractivity contribution >= 4 is 5.91 Å². The van der Waals surface area contributed by atoms with Crippen molar-refractivity contribution in [3.8, 4) is 5.75 Å². The molecule has 1 atom stereocenters. The van der Waals surface area contributed by atoms with Gasteiger partial charge >= 0.3 is 0 Å². The molecule has 0 saturated carbocycles. The Morgan fingerprint density at radius 1 is 1.50 bits per heavy atom. The van der Waals surface area contributed by atoms with E-state index in [0.717, 1.165) is 24.3 Å². The molecular weight excluding hydrogens is 256 g/mol. The highest BCUT2D eigenvalue weighted by atomic mass is 16.5. The van der Waals surface area contributed by atoms with E-state index in [1.807, 2.05) is 31.3 Å². The molecule has 1 aromatic carbocycles. The average molecular weight is 278 g/mol. The molecule has 0 spiro atoms. The van der Waals surface area contributed by atoms with Crippen molar-refractivity contribution in [1.82, 2.24) is 10.2 Å². The highest BCUT2D eigenvalue weighted by Crippen LogP contribution is 2.18. The first-order chi connectivity index (χ1) is 9.72. The Balaban J connectivity index is 1.87. The molecule has 2 rings (SSSR count). The quantitative estimate of drug-likeness (QED) is 0.861. The monoisotopic (exact) mass is 278 g/mol. The maximum absolute atomic E-state index is 12.2. The molecule has 1 saturated heterocycles. The van der Waals surface area contributed by atoms with Crippen molar-refractivity contribution in [3.05, 3.63) is 29.8 Å². The van der Waals surface area contributed by atoms with Gasteiger partial charge in [0.15, 0.2) is 0 Å². The lowest BCUT2D eigenvalue weighted by Crippen LogP contribution is -2.48. The number of carbonyl (C=O) groups excluding carboxylic acids is 1. The number of benzene rings is 1. The van der Waals surface area contributed by atoms with E-state index >= 15 is 0 Å². The molecule has 0 aliphatic carbocycles. The molecule has 0 bridgehead atoms. The second-order valence-electron chi connectivity index (χ2n) is 4.89. The van der Waals surface area contributed by atoms with Gasteiger partial charge in [-0.15, -0.1) is 0 Å². The second kappa shape index (κ2) is 7.26. The summed E-state index contributed by atoms with van der Waals surface area (Å²) >= 11 is 0. The van der Waals surface area contributed by atoms with Crippen LogP contribution in [0.4, 0.5) is 0 Å². The third-order valence-corrected chi connectivity index (χ3v) is 3.49. The Labute approximate surface area is 119 Å². The van der Waals surface area contributed by atoms with Crippen LogP contribution < -0.4 is 10.1 Å². The molecule has 1 aliphatic heterocycles. The van der Waals surface area contributed by atoms with E-state index in [4.69, 9.17) is 9.47 Å². The van der Waals surface area contributed by atoms with Gasteiger partial charge in [-0.2, -0.15) is 0 Å². The van der Waals surface area contributed by atoms with E-state index in [2.05, 4.69) is 5.32 Å². The van der Waals surface area contributed by atoms with Crippen molar-refractivity contribution < 1.29 is 14.3 Å². The number of hydrogen-bond donors (Lipinski definition) is 1. The lowest BCUT2D eigenvalue weighted by atomic mass is 10.1. The highest BCUT2D eigenvalue weighted by Gasteiger charge is 2.24. The molecule has 0 radical (unpaired) electrons. The molecule has 20 heavy (non-hydrogen) atoms. The molecule has 1 aromatic rings. The van der Waals surface area contributed by atoms with Crippen molar-refractivity contribution in [3.63, 3.8) is 0 Å². The van der Waals surface area contributed by atoms with Crippen LogP contribution in [0.25, 0.3) is 0 Å². The molecule has 5 nitrogen and oxygen atoms in total. The summed E-state index contributed by atoms with van der Waals surface area (Å²) in [5, 5.41) is 3.17. The van der Waals surface area contributed by atoms with Crippen molar-refractivity contribution in [2.75, 3.05) is 40.4 Å². The molecule has 1 heterocycles. The number of methoxy groups -OCH3 is 1. The molecule has 1 N–H and O–H groups in total. The summed E-state index contributed by atoms with van der Waals surface area (Å²) in [4.78, 5) is 13.9. The van der Waals surface area contributed by atoms with Crippen molar-refractivity contribution in [2.45, 2.75) is 12.5 Å². The van der Waals surface area contributed by atoms with Gasteiger partial charge < -0.3 is 19.7 Å². The summed E-state index contributed by atoms with van der Waals surface area (Å²) in [6, 6.07) is 7.88. The molecule has 5 heteroatoms. The van der Waals surface area contributed by atoms with Gasteiger partial charge in [0.05, 0.1) is 13.7 Å². The van der Waals surface area contributed by atoms with Crippen molar-refractivity contribution in [2.24, 2.45) is 0 Å². The summed E-state index contributed by atoms with van der Waals surface area (Å²) in [7, 11) is 3.48. The van der Waals surface area contributed by atoms with Crippen LogP contribution >= 0.6 is 0 Å². The molecule has 0 aromatic heterocycles. The predicted molar refractivity (Wildman–Crippen MR) is 76.9 cm³/mol. The highest BCUT2D eigenvalue weighted by molar-refractivity contribution is 5.81. The fourth-order valence-corrected chi connectivity index (χ4v) is 2.28. The fourth-order valence-electron chi connectivity index (χ4n) is 2.28. The third-order valence-electron chi connectivity index (χ3n) is 3.49. The first kappa shape index (κ1) is 14.8. The maximum atomic E-state index is 12.2. The molecule has 110 valence electrons. The lowest BCUT2D eigenvalue weighted by molar-refractivity contribution is -0.143. The van der Waals surface area contributed by atoms with Gasteiger partial charge in [0.25, 0.3) is 5.91 Å². The normalized spacial score (nSPS) is 18.6. The van der Waals surface area contributed by atoms with Crippen LogP contribution in [0.3, 0.4) is 0 Å². The Hall–Kier alpha value is -1.59. The number of likely N-dealkylation sites (N-methyl/N-ethyl adjacent to an activating group) is 1. The van der Waals surface area contributed by atoms with Gasteiger partial charge in [0.1, 0.15) is 11.9 Å². The number of morpholine rings is 1. The molecular formula is C15H22N2O3. The van der Waals surface area contributed by atoms with Gasteiger partial charge in [0.2, 0.25) is 0 Å². The average Bonchev–Trinajstić information content (AvgIpc) is 2.53. The van der Waals surface area contributed by atoms with E-state index in [1.54, 1.807) is 12.0 Å². The predicted octanol–water partition coefficient (Wildman–Crippen LogP) is 0.684. The number of carbonyl (C=O) groups is 1. The fraction of sp³-hybridized carbons (Fsp3) is 0.533. The minimum absolute atomic E-state index is 0.0343. The van der Waals surface area contributed by atoms with E-state index < -0.39 is 0 Å². The van der Waals surface area contributed by atoms with Gasteiger partial charge in [-0.1, -0.05) is 18.2 Å². The topological polar surface area (TPSA) is 50.8 Å². The molecule has 1 fully saturated rings. The van der Waals surface area contributed by atoms with E-state index in [0.29, 0.717) is 19.7 Å². The minimum atomic E-state index is -0.355. The number of nitrogens with zero attached hydrogens (tertiary/aromatic N) is 1. The van der Waals surface area contributed by atoms with Crippen LogP contribution in [-0.4, -0.2) is 57.3 Å². The zero-order chi connectivity index (χ0) is 14.4. The minimum Gasteiger partial charge on any atom is -0.496 e. The lowest BCUT2D eigenvalue weighted by Gasteiger charge is -2.27. The summed E-state index contributed by atoms with van der Waals surface area (Å²) < 4.78 is 10.8. The van der Waals surface area contributed by atoms with Crippen LogP contribution in [-0.2, 0) is 16.0 Å². The van der Waals surface area contributed by atoms with Gasteiger partial charge in [-0.05, 0) is 18.1 Å². The van der Waals surface area contributed by atoms with Gasteiger partial charge in [-0.3, -0.25) is 4.79 Å². The Bertz CT molecular complexity index is 444. The first-order valence-electron chi connectivity index (χ1n) is 6.91. The van der Waals surface area contributed by atoms with E-state index in [1.165, 1.54) is 0 Å². The van der Waals surface area contributed by atoms with Gasteiger partial charge in [-0.25, -0.2) is 0 Å². The summed E-state index contributed by atoms with van der Waals surface area (Å²) in [6.07, 6.45) is 0.415. The number of nitrogens with one attached hydrogen (secondary N) is 1. The Morgan fingerprint density at radius 2 is 2.30 bits per heavy atom. The van der Waals surface area contributed by atoms with Crippen LogP contribution in [0.1, 0.15) is 5.56 Å². The first-order valence-corrected chi connectivity index (χ1v) is 6.91. The summed E-state index contributed by atoms with van der Waals surface area (Å²) in [5.41, 5.74) is 1.11. The van der Waals surface area contributed by atoms with Gasteiger partial charge in [0, 0.05) is 26.7 Å². The van der Waals surface area contributed by atoms with Crippen LogP contribution in [0.15, 0.2) is 24.3 Å². The Morgan fingerprint density at radius 3 is 3.00 bits per heavy atom. The van der Waals surface area contributed by atoms with E-state index in [-0.39, 0.29) is 12.0 Å². The zero-order valence-corrected chi connectivity index (χ0v) is 12.1. The number of ether oxygens (including phenoxy) is 2. The zero-order valence-electron chi connectivity index (χ0n) is 12.1. The third kappa shape index (κ3) is 3.71. The van der Waals surface area contributed by atoms with Crippen molar-refractivity contribution in [1.29, 1.82) is 0 Å². The SMILES string of the molecule is COc1ccccc1CCN(C)C(=O)[C@@H]1CNCCO1. The molecule has 1 amide bonds. The number of para-hydroxylation sites is 1.